The summed E-state index contributed by atoms with van der Waals surface area (Å²) < 4.78 is 5.30. The summed E-state index contributed by atoms with van der Waals surface area (Å²) in [5.74, 6) is 0.484. The van der Waals surface area contributed by atoms with E-state index in [9.17, 15) is 4.79 Å². The van der Waals surface area contributed by atoms with Crippen LogP contribution in [-0.2, 0) is 4.74 Å². The Morgan fingerprint density at radius 1 is 1.35 bits per heavy atom. The minimum Gasteiger partial charge on any atom is -0.381 e. The normalized spacial score (nSPS) is 24.6. The third-order valence-electron chi connectivity index (χ3n) is 3.99. The van der Waals surface area contributed by atoms with E-state index in [1.165, 1.54) is 5.57 Å². The lowest BCUT2D eigenvalue weighted by Crippen LogP contribution is -2.48. The van der Waals surface area contributed by atoms with E-state index in [2.05, 4.69) is 29.0 Å². The second-order valence-corrected chi connectivity index (χ2v) is 6.09. The first kappa shape index (κ1) is 15.3. The Labute approximate surface area is 121 Å². The van der Waals surface area contributed by atoms with Gasteiger partial charge in [-0.2, -0.15) is 0 Å². The zero-order chi connectivity index (χ0) is 14.4. The van der Waals surface area contributed by atoms with Crippen molar-refractivity contribution in [2.24, 2.45) is 5.92 Å². The predicted molar refractivity (Wildman–Crippen MR) is 79.7 cm³/mol. The Balaban J connectivity index is 1.59. The van der Waals surface area contributed by atoms with Crippen LogP contribution in [0, 0.1) is 5.92 Å². The summed E-state index contributed by atoms with van der Waals surface area (Å²) in [6, 6.07) is 0.270. The molecule has 0 aliphatic carbocycles. The molecule has 2 aliphatic heterocycles. The molecule has 1 atom stereocenters. The molecule has 2 amide bonds. The Hall–Kier alpha value is -1.07. The number of nitrogens with zero attached hydrogens (tertiary/aromatic N) is 1. The largest absolute Gasteiger partial charge is 0.381 e. The molecular weight excluding hydrogens is 254 g/mol. The van der Waals surface area contributed by atoms with E-state index in [1.54, 1.807) is 0 Å². The van der Waals surface area contributed by atoms with E-state index < -0.39 is 0 Å². The van der Waals surface area contributed by atoms with Crippen LogP contribution < -0.4 is 10.6 Å². The lowest BCUT2D eigenvalue weighted by molar-refractivity contribution is 0.183. The third-order valence-corrected chi connectivity index (χ3v) is 3.99. The maximum Gasteiger partial charge on any atom is 0.315 e. The molecule has 0 spiro atoms. The van der Waals surface area contributed by atoms with Crippen LogP contribution in [0.4, 0.5) is 4.79 Å². The van der Waals surface area contributed by atoms with E-state index in [0.717, 1.165) is 58.7 Å². The zero-order valence-electron chi connectivity index (χ0n) is 12.5. The molecule has 2 N–H and O–H groups in total. The molecule has 0 aromatic rings. The number of piperidine rings is 1. The number of amides is 2. The van der Waals surface area contributed by atoms with Gasteiger partial charge in [0, 0.05) is 44.7 Å². The highest BCUT2D eigenvalue weighted by molar-refractivity contribution is 5.74. The van der Waals surface area contributed by atoms with Gasteiger partial charge in [0.15, 0.2) is 0 Å². The number of ether oxygens (including phenoxy) is 1. The first-order valence-electron chi connectivity index (χ1n) is 7.62. The number of likely N-dealkylation sites (tertiary alicyclic amines) is 1. The average molecular weight is 281 g/mol. The fourth-order valence-corrected chi connectivity index (χ4v) is 2.83. The molecule has 5 nitrogen and oxygen atoms in total. The van der Waals surface area contributed by atoms with Gasteiger partial charge in [-0.3, -0.25) is 4.90 Å². The minimum atomic E-state index is -0.0322. The fourth-order valence-electron chi connectivity index (χ4n) is 2.83. The third kappa shape index (κ3) is 5.13. The van der Waals surface area contributed by atoms with Crippen LogP contribution in [0.25, 0.3) is 0 Å². The van der Waals surface area contributed by atoms with E-state index in [0.29, 0.717) is 12.0 Å². The van der Waals surface area contributed by atoms with Crippen molar-refractivity contribution >= 4 is 6.03 Å². The van der Waals surface area contributed by atoms with Crippen molar-refractivity contribution in [3.05, 3.63) is 12.2 Å². The molecule has 2 fully saturated rings. The molecule has 114 valence electrons. The Morgan fingerprint density at radius 2 is 2.10 bits per heavy atom. The van der Waals surface area contributed by atoms with Crippen LogP contribution in [0.3, 0.4) is 0 Å². The molecule has 0 aromatic carbocycles. The highest BCUT2D eigenvalue weighted by atomic mass is 16.5. The average Bonchev–Trinajstić information content (AvgIpc) is 2.91. The van der Waals surface area contributed by atoms with Gasteiger partial charge in [0.25, 0.3) is 0 Å². The second kappa shape index (κ2) is 7.64. The minimum absolute atomic E-state index is 0.0322. The fraction of sp³-hybridized carbons (Fsp3) is 0.800. The molecule has 2 rings (SSSR count). The van der Waals surface area contributed by atoms with Crippen molar-refractivity contribution in [3.8, 4) is 0 Å². The van der Waals surface area contributed by atoms with Gasteiger partial charge in [-0.15, -0.1) is 0 Å². The van der Waals surface area contributed by atoms with Gasteiger partial charge in [-0.25, -0.2) is 4.79 Å². The molecule has 2 saturated heterocycles. The summed E-state index contributed by atoms with van der Waals surface area (Å²) in [5.41, 5.74) is 1.20. The van der Waals surface area contributed by atoms with E-state index in [-0.39, 0.29) is 6.03 Å². The highest BCUT2D eigenvalue weighted by Gasteiger charge is 2.21. The van der Waals surface area contributed by atoms with Gasteiger partial charge in [-0.05, 0) is 26.2 Å². The molecule has 2 heterocycles. The first-order chi connectivity index (χ1) is 9.63. The quantitative estimate of drug-likeness (QED) is 0.748. The van der Waals surface area contributed by atoms with Crippen molar-refractivity contribution in [3.63, 3.8) is 0 Å². The number of nitrogens with one attached hydrogen (secondary N) is 2. The first-order valence-corrected chi connectivity index (χ1v) is 7.62. The zero-order valence-corrected chi connectivity index (χ0v) is 12.5. The highest BCUT2D eigenvalue weighted by Crippen LogP contribution is 2.12. The van der Waals surface area contributed by atoms with Crippen LogP contribution in [0.5, 0.6) is 0 Å². The Kier molecular flexibility index (Phi) is 5.86. The molecule has 0 bridgehead atoms. The maximum atomic E-state index is 11.8. The molecule has 2 aliphatic rings. The topological polar surface area (TPSA) is 53.6 Å². The van der Waals surface area contributed by atoms with Crippen LogP contribution in [0.1, 0.15) is 26.2 Å². The lowest BCUT2D eigenvalue weighted by Gasteiger charge is -2.32. The number of carbonyl (C=O) groups is 1. The van der Waals surface area contributed by atoms with Crippen LogP contribution in [0.2, 0.25) is 0 Å². The van der Waals surface area contributed by atoms with Crippen molar-refractivity contribution in [2.75, 3.05) is 39.4 Å². The number of carbonyl (C=O) groups excluding carboxylic acids is 1. The Morgan fingerprint density at radius 3 is 2.70 bits per heavy atom. The van der Waals surface area contributed by atoms with Gasteiger partial charge in [0.1, 0.15) is 0 Å². The summed E-state index contributed by atoms with van der Waals surface area (Å²) >= 11 is 0. The molecule has 0 unspecified atom stereocenters. The molecule has 0 radical (unpaired) electrons. The maximum absolute atomic E-state index is 11.8. The van der Waals surface area contributed by atoms with Crippen LogP contribution in [0.15, 0.2) is 12.2 Å². The molecule has 0 aromatic heterocycles. The Bertz CT molecular complexity index is 332. The summed E-state index contributed by atoms with van der Waals surface area (Å²) in [5, 5.41) is 6.03. The van der Waals surface area contributed by atoms with E-state index in [4.69, 9.17) is 4.74 Å². The summed E-state index contributed by atoms with van der Waals surface area (Å²) in [4.78, 5) is 14.2. The predicted octanol–water partition coefficient (Wildman–Crippen LogP) is 1.36. The monoisotopic (exact) mass is 281 g/mol. The summed E-state index contributed by atoms with van der Waals surface area (Å²) in [6.07, 6.45) is 3.10. The lowest BCUT2D eigenvalue weighted by atomic mass is 10.0. The molecular formula is C15H27N3O2. The number of rotatable bonds is 5. The van der Waals surface area contributed by atoms with Gasteiger partial charge in [-0.1, -0.05) is 12.2 Å². The van der Waals surface area contributed by atoms with Crippen LogP contribution >= 0.6 is 0 Å². The molecule has 20 heavy (non-hydrogen) atoms. The van der Waals surface area contributed by atoms with Crippen molar-refractivity contribution in [2.45, 2.75) is 32.2 Å². The van der Waals surface area contributed by atoms with Gasteiger partial charge >= 0.3 is 6.03 Å². The van der Waals surface area contributed by atoms with E-state index >= 15 is 0 Å². The number of hydrogen-bond donors (Lipinski definition) is 2. The number of hydrogen-bond acceptors (Lipinski definition) is 3. The SMILES string of the molecule is C=C(C)CN1CCC(NC(=O)NC[C@H]2CCOC2)CC1. The molecule has 5 heteroatoms. The van der Waals surface area contributed by atoms with Crippen molar-refractivity contribution in [1.82, 2.24) is 15.5 Å². The van der Waals surface area contributed by atoms with Gasteiger partial charge in [0.2, 0.25) is 0 Å². The smallest absolute Gasteiger partial charge is 0.315 e. The van der Waals surface area contributed by atoms with Crippen molar-refractivity contribution < 1.29 is 9.53 Å². The number of urea groups is 1. The van der Waals surface area contributed by atoms with Crippen molar-refractivity contribution in [1.29, 1.82) is 0 Å². The van der Waals surface area contributed by atoms with Gasteiger partial charge < -0.3 is 15.4 Å². The van der Waals surface area contributed by atoms with Crippen LogP contribution in [-0.4, -0.2) is 56.4 Å². The second-order valence-electron chi connectivity index (χ2n) is 6.09. The standard InChI is InChI=1S/C15H27N3O2/c1-12(2)10-18-6-3-14(4-7-18)17-15(19)16-9-13-5-8-20-11-13/h13-14H,1,3-11H2,2H3,(H2,16,17,19)/t13-/m1/s1. The summed E-state index contributed by atoms with van der Waals surface area (Å²) in [6.45, 7) is 11.4. The van der Waals surface area contributed by atoms with Gasteiger partial charge in [0.05, 0.1) is 6.61 Å². The van der Waals surface area contributed by atoms with E-state index in [1.807, 2.05) is 0 Å². The molecule has 0 saturated carbocycles. The summed E-state index contributed by atoms with van der Waals surface area (Å²) in [7, 11) is 0.